The molecule has 350 valence electrons. The lowest BCUT2D eigenvalue weighted by Gasteiger charge is -2.46. The van der Waals surface area contributed by atoms with Crippen molar-refractivity contribution < 1.29 is 4.74 Å². The van der Waals surface area contributed by atoms with E-state index in [1.165, 1.54) is 37.2 Å². The van der Waals surface area contributed by atoms with Crippen LogP contribution in [0.15, 0.2) is 249 Å². The number of aromatic nitrogens is 2. The Kier molecular flexibility index (Phi) is 8.40. The fourth-order valence-electron chi connectivity index (χ4n) is 12.7. The maximum Gasteiger partial charge on any atom is 0.252 e. The summed E-state index contributed by atoms with van der Waals surface area (Å²) in [6.07, 6.45) is 4.39. The minimum absolute atomic E-state index is 0.125. The molecule has 0 spiro atoms. The predicted octanol–water partition coefficient (Wildman–Crippen LogP) is 16.2. The molecule has 75 heavy (non-hydrogen) atoms. The number of thiophene rings is 1. The summed E-state index contributed by atoms with van der Waals surface area (Å²) < 4.78 is 13.4. The molecular formula is C66H41BN6OS. The Morgan fingerprint density at radius 1 is 0.347 bits per heavy atom. The highest BCUT2D eigenvalue weighted by atomic mass is 32.1. The van der Waals surface area contributed by atoms with E-state index in [-0.39, 0.29) is 6.71 Å². The van der Waals surface area contributed by atoms with Gasteiger partial charge < -0.3 is 28.6 Å². The average Bonchev–Trinajstić information content (AvgIpc) is 4.30. The molecule has 9 heteroatoms. The summed E-state index contributed by atoms with van der Waals surface area (Å²) in [7, 11) is 0. The second-order valence-corrected chi connectivity index (χ2v) is 20.8. The number of nitrogens with zero attached hydrogens (tertiary/aromatic N) is 6. The van der Waals surface area contributed by atoms with Gasteiger partial charge in [0, 0.05) is 80.1 Å². The topological polar surface area (TPSA) is 32.1 Å². The normalized spacial score (nSPS) is 13.6. The van der Waals surface area contributed by atoms with Crippen molar-refractivity contribution in [2.24, 2.45) is 0 Å². The number of hydrogen-bond donors (Lipinski definition) is 0. The number of benzene rings is 10. The van der Waals surface area contributed by atoms with Crippen molar-refractivity contribution in [1.82, 2.24) is 9.13 Å². The van der Waals surface area contributed by atoms with Gasteiger partial charge in [-0.3, -0.25) is 4.90 Å². The van der Waals surface area contributed by atoms with Crippen molar-refractivity contribution in [3.05, 3.63) is 249 Å². The van der Waals surface area contributed by atoms with Crippen LogP contribution >= 0.6 is 11.3 Å². The fourth-order valence-corrected chi connectivity index (χ4v) is 13.9. The second-order valence-electron chi connectivity index (χ2n) is 19.8. The number of hydrogen-bond acceptors (Lipinski definition) is 6. The molecule has 0 radical (unpaired) electrons. The molecule has 4 aliphatic heterocycles. The lowest BCUT2D eigenvalue weighted by molar-refractivity contribution is 0.477. The van der Waals surface area contributed by atoms with Crippen LogP contribution in [0.5, 0.6) is 11.5 Å². The average molecular weight is 977 g/mol. The van der Waals surface area contributed by atoms with E-state index in [9.17, 15) is 0 Å². The van der Waals surface area contributed by atoms with Gasteiger partial charge in [-0.25, -0.2) is 0 Å². The predicted molar refractivity (Wildman–Crippen MR) is 313 cm³/mol. The van der Waals surface area contributed by atoms with Crippen molar-refractivity contribution in [2.45, 2.75) is 0 Å². The third-order valence-electron chi connectivity index (χ3n) is 15.8. The Bertz CT molecular complexity index is 4510. The number of fused-ring (bicyclic) bond motifs is 12. The molecule has 7 heterocycles. The lowest BCUT2D eigenvalue weighted by Crippen LogP contribution is -2.61. The maximum absolute atomic E-state index is 7.55. The van der Waals surface area contributed by atoms with Gasteiger partial charge in [-0.15, -0.1) is 11.3 Å². The number of para-hydroxylation sites is 6. The number of ether oxygens (including phenoxy) is 1. The van der Waals surface area contributed by atoms with Gasteiger partial charge in [0.15, 0.2) is 11.5 Å². The van der Waals surface area contributed by atoms with E-state index in [0.717, 1.165) is 101 Å². The summed E-state index contributed by atoms with van der Waals surface area (Å²) in [5.41, 5.74) is 20.2. The van der Waals surface area contributed by atoms with Gasteiger partial charge in [0.05, 0.1) is 33.8 Å². The first-order valence-corrected chi connectivity index (χ1v) is 26.3. The van der Waals surface area contributed by atoms with Crippen LogP contribution in [0, 0.1) is 0 Å². The van der Waals surface area contributed by atoms with Crippen LogP contribution in [0.4, 0.5) is 67.6 Å². The summed E-state index contributed by atoms with van der Waals surface area (Å²) in [5, 5.41) is 4.74. The van der Waals surface area contributed by atoms with Gasteiger partial charge >= 0.3 is 0 Å². The van der Waals surface area contributed by atoms with Crippen LogP contribution < -0.4 is 40.7 Å². The smallest absolute Gasteiger partial charge is 0.252 e. The van der Waals surface area contributed by atoms with Crippen molar-refractivity contribution >= 4 is 134 Å². The van der Waals surface area contributed by atoms with Crippen LogP contribution in [-0.2, 0) is 0 Å². The summed E-state index contributed by atoms with van der Waals surface area (Å²) in [6.45, 7) is -0.125. The third-order valence-corrected chi connectivity index (χ3v) is 16.9. The highest BCUT2D eigenvalue weighted by Gasteiger charge is 2.47. The van der Waals surface area contributed by atoms with E-state index in [2.05, 4.69) is 278 Å². The van der Waals surface area contributed by atoms with E-state index in [0.29, 0.717) is 0 Å². The molecule has 17 rings (SSSR count). The van der Waals surface area contributed by atoms with Crippen LogP contribution in [0.2, 0.25) is 0 Å². The van der Waals surface area contributed by atoms with E-state index in [1.54, 1.807) is 0 Å². The highest BCUT2D eigenvalue weighted by molar-refractivity contribution is 7.24. The molecule has 3 aromatic heterocycles. The zero-order chi connectivity index (χ0) is 48.9. The molecule has 0 fully saturated rings. The van der Waals surface area contributed by atoms with Gasteiger partial charge in [-0.1, -0.05) is 127 Å². The Hall–Kier alpha value is -9.70. The molecule has 0 atom stereocenters. The first kappa shape index (κ1) is 40.9. The summed E-state index contributed by atoms with van der Waals surface area (Å²) >= 11 is 1.84. The summed E-state index contributed by atoms with van der Waals surface area (Å²) in [6, 6.07) is 86.4. The molecule has 0 unspecified atom stereocenters. The van der Waals surface area contributed by atoms with E-state index in [4.69, 9.17) is 4.74 Å². The Labute approximate surface area is 436 Å². The minimum Gasteiger partial charge on any atom is -0.453 e. The van der Waals surface area contributed by atoms with E-state index in [1.807, 2.05) is 11.3 Å². The Balaban J connectivity index is 0.971. The summed E-state index contributed by atoms with van der Waals surface area (Å²) in [4.78, 5) is 9.96. The van der Waals surface area contributed by atoms with Crippen LogP contribution in [-0.4, -0.2) is 15.8 Å². The molecule has 0 amide bonds. The third kappa shape index (κ3) is 5.75. The van der Waals surface area contributed by atoms with Gasteiger partial charge in [-0.2, -0.15) is 0 Å². The van der Waals surface area contributed by atoms with Gasteiger partial charge in [0.1, 0.15) is 10.7 Å². The standard InChI is InChI=1S/C66H41BN6OS/c1-4-20-44(21-5-1)70-54-30-16-13-27-50(54)67-51-40-56-60(41-55(51)71(45-22-6-2-7-23-45)58-37-47(36-57(70)63(58)67)68-34-32-42-18-10-14-28-52(42)68)74-61-39-48(69-35-33-43-19-11-15-29-53(43)69)38-59-65(61)73(56)66-64(49-26-12-17-31-62(49)75-66)72(59)46-24-8-3-9-25-46/h1-41H. The molecule has 4 aliphatic rings. The van der Waals surface area contributed by atoms with Gasteiger partial charge in [-0.05, 0) is 124 Å². The highest BCUT2D eigenvalue weighted by Crippen LogP contribution is 2.66. The van der Waals surface area contributed by atoms with Crippen molar-refractivity contribution in [2.75, 3.05) is 19.6 Å². The number of rotatable bonds is 5. The van der Waals surface area contributed by atoms with Crippen molar-refractivity contribution in [3.8, 4) is 22.9 Å². The molecule has 7 nitrogen and oxygen atoms in total. The van der Waals surface area contributed by atoms with Crippen LogP contribution in [0.1, 0.15) is 0 Å². The van der Waals surface area contributed by atoms with Gasteiger partial charge in [0.2, 0.25) is 0 Å². The Morgan fingerprint density at radius 3 is 1.57 bits per heavy atom. The van der Waals surface area contributed by atoms with Crippen molar-refractivity contribution in [1.29, 1.82) is 0 Å². The van der Waals surface area contributed by atoms with Gasteiger partial charge in [0.25, 0.3) is 6.71 Å². The molecular weight excluding hydrogens is 936 g/mol. The lowest BCUT2D eigenvalue weighted by atomic mass is 9.33. The SMILES string of the molecule is c1ccc(N2c3ccccc3B3c4cc5c(cc4N(c4ccccc4)c4cc(-n6ccc7ccccc76)cc2c43)Oc2cc(-n3ccc4ccccc43)cc3c2N5c2sc4ccccc4c2N3c2ccccc2)cc1. The zero-order valence-corrected chi connectivity index (χ0v) is 41.1. The second kappa shape index (κ2) is 15.4. The maximum atomic E-state index is 7.55. The van der Waals surface area contributed by atoms with Crippen LogP contribution in [0.25, 0.3) is 43.3 Å². The van der Waals surface area contributed by atoms with E-state index < -0.39 is 0 Å². The molecule has 0 aliphatic carbocycles. The monoisotopic (exact) mass is 976 g/mol. The molecule has 10 aromatic carbocycles. The van der Waals surface area contributed by atoms with Crippen molar-refractivity contribution in [3.63, 3.8) is 0 Å². The summed E-state index contributed by atoms with van der Waals surface area (Å²) in [5.74, 6) is 1.59. The minimum atomic E-state index is -0.125. The quantitative estimate of drug-likeness (QED) is 0.160. The number of anilines is 12. The zero-order valence-electron chi connectivity index (χ0n) is 40.2. The fraction of sp³-hybridized carbons (Fsp3) is 0. The molecule has 0 N–H and O–H groups in total. The first-order valence-electron chi connectivity index (χ1n) is 25.5. The molecule has 0 saturated carbocycles. The molecule has 0 saturated heterocycles. The molecule has 13 aromatic rings. The van der Waals surface area contributed by atoms with E-state index >= 15 is 0 Å². The van der Waals surface area contributed by atoms with Crippen LogP contribution in [0.3, 0.4) is 0 Å². The largest absolute Gasteiger partial charge is 0.453 e. The Morgan fingerprint density at radius 2 is 0.893 bits per heavy atom. The first-order chi connectivity index (χ1) is 37.2. The molecule has 0 bridgehead atoms.